The number of nitrogens with zero attached hydrogens (tertiary/aromatic N) is 1. The summed E-state index contributed by atoms with van der Waals surface area (Å²) in [6, 6.07) is 7.56. The maximum Gasteiger partial charge on any atom is 0.195 e. The van der Waals surface area contributed by atoms with E-state index in [1.807, 2.05) is 24.3 Å². The Balaban J connectivity index is 2.60. The van der Waals surface area contributed by atoms with Crippen molar-refractivity contribution in [1.29, 1.82) is 0 Å². The first kappa shape index (κ1) is 9.55. The minimum absolute atomic E-state index is 0.191. The molecule has 0 unspecified atom stereocenters. The summed E-state index contributed by atoms with van der Waals surface area (Å²) in [7, 11) is 0. The average molecular weight is 274 g/mol. The smallest absolute Gasteiger partial charge is 0.195 e. The number of benzene rings is 1. The molecule has 0 spiro atoms. The zero-order chi connectivity index (χ0) is 10.1. The number of nitrogens with two attached hydrogens (primary N) is 1. The molecule has 14 heavy (non-hydrogen) atoms. The minimum Gasteiger partial charge on any atom is -0.393 e. The summed E-state index contributed by atoms with van der Waals surface area (Å²) in [5.41, 5.74) is 6.89. The Morgan fingerprint density at radius 2 is 2.07 bits per heavy atom. The highest BCUT2D eigenvalue weighted by atomic mass is 79.9. The van der Waals surface area contributed by atoms with E-state index in [0.717, 1.165) is 10.0 Å². The fraction of sp³-hybridized carbons (Fsp3) is 0. The SMILES string of the molecule is Nc1c(Cl)noc1-c1ccccc1Br. The molecular weight excluding hydrogens is 267 g/mol. The van der Waals surface area contributed by atoms with E-state index in [9.17, 15) is 0 Å². The molecule has 72 valence electrons. The summed E-state index contributed by atoms with van der Waals surface area (Å²) in [6.45, 7) is 0. The summed E-state index contributed by atoms with van der Waals surface area (Å²) < 4.78 is 5.91. The second-order valence-corrected chi connectivity index (χ2v) is 3.91. The molecule has 2 N–H and O–H groups in total. The highest BCUT2D eigenvalue weighted by molar-refractivity contribution is 9.10. The van der Waals surface area contributed by atoms with Gasteiger partial charge in [-0.3, -0.25) is 0 Å². The van der Waals surface area contributed by atoms with Gasteiger partial charge in [0, 0.05) is 10.0 Å². The highest BCUT2D eigenvalue weighted by Gasteiger charge is 2.14. The van der Waals surface area contributed by atoms with Gasteiger partial charge in [-0.25, -0.2) is 0 Å². The fourth-order valence-corrected chi connectivity index (χ4v) is 1.70. The summed E-state index contributed by atoms with van der Waals surface area (Å²) in [4.78, 5) is 0. The molecule has 0 saturated heterocycles. The normalized spacial score (nSPS) is 10.4. The van der Waals surface area contributed by atoms with Crippen molar-refractivity contribution in [3.05, 3.63) is 33.9 Å². The lowest BCUT2D eigenvalue weighted by Gasteiger charge is -1.99. The number of hydrogen-bond donors (Lipinski definition) is 1. The van der Waals surface area contributed by atoms with Crippen molar-refractivity contribution < 1.29 is 4.52 Å². The van der Waals surface area contributed by atoms with Crippen molar-refractivity contribution in [2.24, 2.45) is 0 Å². The van der Waals surface area contributed by atoms with E-state index in [0.29, 0.717) is 11.4 Å². The second-order valence-electron chi connectivity index (χ2n) is 2.70. The molecule has 2 rings (SSSR count). The van der Waals surface area contributed by atoms with E-state index in [1.165, 1.54) is 0 Å². The van der Waals surface area contributed by atoms with Gasteiger partial charge in [0.15, 0.2) is 10.9 Å². The van der Waals surface area contributed by atoms with Gasteiger partial charge in [-0.05, 0) is 12.1 Å². The topological polar surface area (TPSA) is 52.0 Å². The largest absolute Gasteiger partial charge is 0.393 e. The summed E-state index contributed by atoms with van der Waals surface area (Å²) in [5, 5.41) is 3.77. The molecule has 1 aromatic carbocycles. The lowest BCUT2D eigenvalue weighted by molar-refractivity contribution is 0.433. The number of anilines is 1. The molecule has 0 saturated carbocycles. The number of hydrogen-bond acceptors (Lipinski definition) is 3. The van der Waals surface area contributed by atoms with E-state index in [4.69, 9.17) is 21.9 Å². The van der Waals surface area contributed by atoms with E-state index < -0.39 is 0 Å². The third kappa shape index (κ3) is 1.51. The van der Waals surface area contributed by atoms with Crippen molar-refractivity contribution in [2.75, 3.05) is 5.73 Å². The van der Waals surface area contributed by atoms with Gasteiger partial charge >= 0.3 is 0 Å². The Hall–Kier alpha value is -1.00. The first-order valence-corrected chi connectivity index (χ1v) is 5.03. The van der Waals surface area contributed by atoms with Gasteiger partial charge in [0.1, 0.15) is 5.69 Å². The molecule has 0 fully saturated rings. The molecule has 0 amide bonds. The standard InChI is InChI=1S/C9H6BrClN2O/c10-6-4-2-1-3-5(6)8-7(12)9(11)13-14-8/h1-4H,12H2. The van der Waals surface area contributed by atoms with E-state index in [-0.39, 0.29) is 5.15 Å². The minimum atomic E-state index is 0.191. The molecular formula is C9H6BrClN2O. The molecule has 0 bridgehead atoms. The molecule has 0 atom stereocenters. The first-order chi connectivity index (χ1) is 6.70. The Morgan fingerprint density at radius 3 is 2.64 bits per heavy atom. The monoisotopic (exact) mass is 272 g/mol. The van der Waals surface area contributed by atoms with Crippen LogP contribution in [0.25, 0.3) is 11.3 Å². The van der Waals surface area contributed by atoms with Crippen molar-refractivity contribution in [3.8, 4) is 11.3 Å². The molecule has 3 nitrogen and oxygen atoms in total. The van der Waals surface area contributed by atoms with Gasteiger partial charge in [-0.1, -0.05) is 44.8 Å². The lowest BCUT2D eigenvalue weighted by atomic mass is 10.1. The number of halogens is 2. The quantitative estimate of drug-likeness (QED) is 0.867. The second kappa shape index (κ2) is 3.63. The van der Waals surface area contributed by atoms with E-state index in [1.54, 1.807) is 0 Å². The summed E-state index contributed by atoms with van der Waals surface area (Å²) in [5.74, 6) is 0.488. The summed E-state index contributed by atoms with van der Waals surface area (Å²) in [6.07, 6.45) is 0. The van der Waals surface area contributed by atoms with Gasteiger partial charge in [0.2, 0.25) is 0 Å². The lowest BCUT2D eigenvalue weighted by Crippen LogP contribution is -1.86. The zero-order valence-corrected chi connectivity index (χ0v) is 9.34. The van der Waals surface area contributed by atoms with E-state index >= 15 is 0 Å². The maximum absolute atomic E-state index is 5.69. The van der Waals surface area contributed by atoms with Gasteiger partial charge in [-0.15, -0.1) is 0 Å². The molecule has 0 aliphatic heterocycles. The van der Waals surface area contributed by atoms with Crippen LogP contribution in [0.15, 0.2) is 33.3 Å². The van der Waals surface area contributed by atoms with Gasteiger partial charge in [0.25, 0.3) is 0 Å². The number of nitrogen functional groups attached to an aromatic ring is 1. The van der Waals surface area contributed by atoms with Crippen LogP contribution in [-0.4, -0.2) is 5.16 Å². The predicted octanol–water partition coefficient (Wildman–Crippen LogP) is 3.34. The predicted molar refractivity (Wildman–Crippen MR) is 59.1 cm³/mol. The maximum atomic E-state index is 5.69. The molecule has 1 heterocycles. The molecule has 5 heteroatoms. The first-order valence-electron chi connectivity index (χ1n) is 3.85. The van der Waals surface area contributed by atoms with Gasteiger partial charge in [0.05, 0.1) is 0 Å². The van der Waals surface area contributed by atoms with E-state index in [2.05, 4.69) is 21.1 Å². The van der Waals surface area contributed by atoms with Crippen LogP contribution in [0.1, 0.15) is 0 Å². The zero-order valence-electron chi connectivity index (χ0n) is 7.00. The van der Waals surface area contributed by atoms with Crippen LogP contribution in [-0.2, 0) is 0 Å². The Kier molecular flexibility index (Phi) is 2.48. The van der Waals surface area contributed by atoms with Crippen LogP contribution < -0.4 is 5.73 Å². The van der Waals surface area contributed by atoms with Crippen LogP contribution in [0.3, 0.4) is 0 Å². The third-order valence-corrected chi connectivity index (χ3v) is 2.77. The number of aromatic nitrogens is 1. The molecule has 2 aromatic rings. The Morgan fingerprint density at radius 1 is 1.36 bits per heavy atom. The molecule has 0 aliphatic carbocycles. The van der Waals surface area contributed by atoms with Crippen molar-refractivity contribution in [3.63, 3.8) is 0 Å². The van der Waals surface area contributed by atoms with Crippen LogP contribution in [0.5, 0.6) is 0 Å². The van der Waals surface area contributed by atoms with Crippen LogP contribution in [0, 0.1) is 0 Å². The van der Waals surface area contributed by atoms with Crippen molar-refractivity contribution in [1.82, 2.24) is 5.16 Å². The molecule has 0 radical (unpaired) electrons. The summed E-state index contributed by atoms with van der Waals surface area (Å²) >= 11 is 9.08. The van der Waals surface area contributed by atoms with Crippen molar-refractivity contribution >= 4 is 33.2 Å². The fourth-order valence-electron chi connectivity index (χ4n) is 1.12. The third-order valence-electron chi connectivity index (χ3n) is 1.80. The van der Waals surface area contributed by atoms with Gasteiger partial charge < -0.3 is 10.3 Å². The van der Waals surface area contributed by atoms with Crippen LogP contribution >= 0.6 is 27.5 Å². The average Bonchev–Trinajstić information content (AvgIpc) is 2.49. The Bertz CT molecular complexity index is 470. The Labute approximate surface area is 94.0 Å². The van der Waals surface area contributed by atoms with Gasteiger partial charge in [-0.2, -0.15) is 0 Å². The number of rotatable bonds is 1. The van der Waals surface area contributed by atoms with Crippen LogP contribution in [0.4, 0.5) is 5.69 Å². The molecule has 0 aliphatic rings. The highest BCUT2D eigenvalue weighted by Crippen LogP contribution is 2.35. The van der Waals surface area contributed by atoms with Crippen molar-refractivity contribution in [2.45, 2.75) is 0 Å². The molecule has 1 aromatic heterocycles. The van der Waals surface area contributed by atoms with Crippen LogP contribution in [0.2, 0.25) is 5.15 Å².